The fourth-order valence-electron chi connectivity index (χ4n) is 2.36. The maximum atomic E-state index is 12.9. The van der Waals surface area contributed by atoms with Gasteiger partial charge in [0.05, 0.1) is 10.6 Å². The van der Waals surface area contributed by atoms with E-state index in [-0.39, 0.29) is 11.6 Å². The molecule has 0 aliphatic carbocycles. The summed E-state index contributed by atoms with van der Waals surface area (Å²) in [6.07, 6.45) is 1.94. The van der Waals surface area contributed by atoms with E-state index in [9.17, 15) is 14.9 Å². The maximum absolute atomic E-state index is 12.9. The number of carbonyl (C=O) groups is 1. The molecule has 0 aromatic heterocycles. The van der Waals surface area contributed by atoms with E-state index < -0.39 is 4.92 Å². The van der Waals surface area contributed by atoms with Crippen LogP contribution in [-0.4, -0.2) is 24.1 Å². The second kappa shape index (κ2) is 6.83. The summed E-state index contributed by atoms with van der Waals surface area (Å²) in [4.78, 5) is 26.0. The van der Waals surface area contributed by atoms with Crippen molar-refractivity contribution in [3.8, 4) is 0 Å². The molecule has 120 valence electrons. The third-order valence-corrected chi connectivity index (χ3v) is 4.63. The molecule has 0 N–H and O–H groups in total. The number of nitro benzene ring substituents is 1. The van der Waals surface area contributed by atoms with Gasteiger partial charge in [0.1, 0.15) is 0 Å². The highest BCUT2D eigenvalue weighted by molar-refractivity contribution is 7.98. The van der Waals surface area contributed by atoms with Gasteiger partial charge in [0.15, 0.2) is 0 Å². The highest BCUT2D eigenvalue weighted by Gasteiger charge is 2.21. The average molecular weight is 330 g/mol. The second-order valence-electron chi connectivity index (χ2n) is 5.23. The van der Waals surface area contributed by atoms with Crippen molar-refractivity contribution in [2.24, 2.45) is 0 Å². The SMILES string of the molecule is CSc1ccccc1N(C)C(=O)c1cc([N+](=O)[O-])cc(C)c1C. The largest absolute Gasteiger partial charge is 0.310 e. The first-order valence-electron chi connectivity index (χ1n) is 7.03. The number of amides is 1. The van der Waals surface area contributed by atoms with E-state index in [1.165, 1.54) is 17.0 Å². The van der Waals surface area contributed by atoms with Crippen LogP contribution in [0.15, 0.2) is 41.3 Å². The molecule has 2 aromatic carbocycles. The maximum Gasteiger partial charge on any atom is 0.270 e. The van der Waals surface area contributed by atoms with Crippen LogP contribution in [0.1, 0.15) is 21.5 Å². The number of rotatable bonds is 4. The molecule has 0 spiro atoms. The lowest BCUT2D eigenvalue weighted by Gasteiger charge is -2.21. The molecule has 2 aromatic rings. The summed E-state index contributed by atoms with van der Waals surface area (Å²) >= 11 is 1.55. The molecule has 0 saturated carbocycles. The number of hydrogen-bond acceptors (Lipinski definition) is 4. The predicted molar refractivity (Wildman–Crippen MR) is 93.5 cm³/mol. The Balaban J connectivity index is 2.50. The van der Waals surface area contributed by atoms with Gasteiger partial charge in [-0.15, -0.1) is 11.8 Å². The molecular formula is C17H18N2O3S. The molecule has 0 atom stereocenters. The summed E-state index contributed by atoms with van der Waals surface area (Å²) in [6.45, 7) is 3.58. The monoisotopic (exact) mass is 330 g/mol. The van der Waals surface area contributed by atoms with Crippen molar-refractivity contribution in [3.63, 3.8) is 0 Å². The van der Waals surface area contributed by atoms with Crippen LogP contribution in [0.25, 0.3) is 0 Å². The number of hydrogen-bond donors (Lipinski definition) is 0. The highest BCUT2D eigenvalue weighted by Crippen LogP contribution is 2.30. The third-order valence-electron chi connectivity index (χ3n) is 3.84. The molecule has 0 fully saturated rings. The van der Waals surface area contributed by atoms with Crippen molar-refractivity contribution >= 4 is 29.0 Å². The van der Waals surface area contributed by atoms with Gasteiger partial charge in [-0.25, -0.2) is 0 Å². The first kappa shape index (κ1) is 17.0. The molecule has 0 radical (unpaired) electrons. The fraction of sp³-hybridized carbons (Fsp3) is 0.235. The van der Waals surface area contributed by atoms with E-state index in [0.717, 1.165) is 21.7 Å². The molecule has 0 bridgehead atoms. The molecule has 23 heavy (non-hydrogen) atoms. The second-order valence-corrected chi connectivity index (χ2v) is 6.08. The normalized spacial score (nSPS) is 10.4. The van der Waals surface area contributed by atoms with Crippen molar-refractivity contribution < 1.29 is 9.72 Å². The number of anilines is 1. The minimum atomic E-state index is -0.473. The molecule has 1 amide bonds. The van der Waals surface area contributed by atoms with Crippen LogP contribution in [0.4, 0.5) is 11.4 Å². The molecular weight excluding hydrogens is 312 g/mol. The lowest BCUT2D eigenvalue weighted by Crippen LogP contribution is -2.27. The number of aryl methyl sites for hydroxylation is 1. The zero-order chi connectivity index (χ0) is 17.1. The lowest BCUT2D eigenvalue weighted by atomic mass is 10.0. The molecule has 5 nitrogen and oxygen atoms in total. The Hall–Kier alpha value is -2.34. The van der Waals surface area contributed by atoms with Gasteiger partial charge in [-0.3, -0.25) is 14.9 Å². The summed E-state index contributed by atoms with van der Waals surface area (Å²) in [6, 6.07) is 10.4. The predicted octanol–water partition coefficient (Wildman–Crippen LogP) is 4.21. The Bertz CT molecular complexity index is 774. The Morgan fingerprint density at radius 2 is 1.87 bits per heavy atom. The van der Waals surface area contributed by atoms with Crippen molar-refractivity contribution in [1.82, 2.24) is 0 Å². The zero-order valence-electron chi connectivity index (χ0n) is 13.5. The molecule has 0 saturated heterocycles. The standard InChI is InChI=1S/C17H18N2O3S/c1-11-9-13(19(21)22)10-14(12(11)2)17(20)18(3)15-7-5-6-8-16(15)23-4/h5-10H,1-4H3. The Labute approximate surface area is 139 Å². The first-order chi connectivity index (χ1) is 10.9. The van der Waals surface area contributed by atoms with Gasteiger partial charge in [0.2, 0.25) is 0 Å². The van der Waals surface area contributed by atoms with Crippen LogP contribution in [0.3, 0.4) is 0 Å². The van der Waals surface area contributed by atoms with Crippen LogP contribution in [0, 0.1) is 24.0 Å². The van der Waals surface area contributed by atoms with Crippen molar-refractivity contribution in [3.05, 3.63) is 63.2 Å². The quantitative estimate of drug-likeness (QED) is 0.478. The van der Waals surface area contributed by atoms with E-state index in [1.54, 1.807) is 32.7 Å². The summed E-state index contributed by atoms with van der Waals surface area (Å²) in [7, 11) is 1.69. The Kier molecular flexibility index (Phi) is 5.05. The van der Waals surface area contributed by atoms with Crippen LogP contribution < -0.4 is 4.90 Å². The Morgan fingerprint density at radius 1 is 1.22 bits per heavy atom. The number of non-ortho nitro benzene ring substituents is 1. The summed E-state index contributed by atoms with van der Waals surface area (Å²) in [5.41, 5.74) is 2.56. The molecule has 0 aliphatic rings. The van der Waals surface area contributed by atoms with Gasteiger partial charge in [0.25, 0.3) is 11.6 Å². The fourth-order valence-corrected chi connectivity index (χ4v) is 2.99. The van der Waals surface area contributed by atoms with Crippen molar-refractivity contribution in [2.45, 2.75) is 18.7 Å². The van der Waals surface area contributed by atoms with Crippen molar-refractivity contribution in [2.75, 3.05) is 18.2 Å². The molecule has 6 heteroatoms. The van der Waals surface area contributed by atoms with Crippen LogP contribution in [-0.2, 0) is 0 Å². The van der Waals surface area contributed by atoms with Gasteiger partial charge in [0, 0.05) is 29.6 Å². The van der Waals surface area contributed by atoms with Gasteiger partial charge in [-0.1, -0.05) is 12.1 Å². The van der Waals surface area contributed by atoms with Crippen molar-refractivity contribution in [1.29, 1.82) is 0 Å². The van der Waals surface area contributed by atoms with E-state index in [2.05, 4.69) is 0 Å². The number of carbonyl (C=O) groups excluding carboxylic acids is 1. The number of nitrogens with zero attached hydrogens (tertiary/aromatic N) is 2. The topological polar surface area (TPSA) is 63.5 Å². The average Bonchev–Trinajstić information content (AvgIpc) is 2.55. The molecule has 0 heterocycles. The van der Waals surface area contributed by atoms with E-state index in [4.69, 9.17) is 0 Å². The number of thioether (sulfide) groups is 1. The van der Waals surface area contributed by atoms with Gasteiger partial charge in [-0.05, 0) is 43.4 Å². The molecule has 2 rings (SSSR count). The zero-order valence-corrected chi connectivity index (χ0v) is 14.3. The Morgan fingerprint density at radius 3 is 2.48 bits per heavy atom. The smallest absolute Gasteiger partial charge is 0.270 e. The number of nitro groups is 1. The van der Waals surface area contributed by atoms with Gasteiger partial charge < -0.3 is 4.90 Å². The minimum Gasteiger partial charge on any atom is -0.310 e. The molecule has 0 unspecified atom stereocenters. The minimum absolute atomic E-state index is 0.0667. The van der Waals surface area contributed by atoms with E-state index in [0.29, 0.717) is 5.56 Å². The summed E-state index contributed by atoms with van der Waals surface area (Å²) in [5.74, 6) is -0.254. The van der Waals surface area contributed by atoms with Crippen LogP contribution in [0.5, 0.6) is 0 Å². The van der Waals surface area contributed by atoms with E-state index >= 15 is 0 Å². The summed E-state index contributed by atoms with van der Waals surface area (Å²) in [5, 5.41) is 11.1. The van der Waals surface area contributed by atoms with Crippen LogP contribution >= 0.6 is 11.8 Å². The first-order valence-corrected chi connectivity index (χ1v) is 8.26. The summed E-state index contributed by atoms with van der Waals surface area (Å²) < 4.78 is 0. The lowest BCUT2D eigenvalue weighted by molar-refractivity contribution is -0.384. The third kappa shape index (κ3) is 3.37. The number of benzene rings is 2. The van der Waals surface area contributed by atoms with Crippen LogP contribution in [0.2, 0.25) is 0 Å². The van der Waals surface area contributed by atoms with Gasteiger partial charge in [-0.2, -0.15) is 0 Å². The van der Waals surface area contributed by atoms with Gasteiger partial charge >= 0.3 is 0 Å². The molecule has 0 aliphatic heterocycles. The number of para-hydroxylation sites is 1. The highest BCUT2D eigenvalue weighted by atomic mass is 32.2. The van der Waals surface area contributed by atoms with E-state index in [1.807, 2.05) is 30.5 Å².